The highest BCUT2D eigenvalue weighted by atomic mass is 127. The van der Waals surface area contributed by atoms with Gasteiger partial charge < -0.3 is 10.1 Å². The minimum absolute atomic E-state index is 0.221. The molecule has 4 atom stereocenters. The largest absolute Gasteiger partial charge is 0.378 e. The Morgan fingerprint density at radius 2 is 2.09 bits per heavy atom. The Morgan fingerprint density at radius 1 is 1.27 bits per heavy atom. The highest BCUT2D eigenvalue weighted by molar-refractivity contribution is 14.1. The van der Waals surface area contributed by atoms with Crippen LogP contribution in [0.25, 0.3) is 6.08 Å². The zero-order valence-corrected chi connectivity index (χ0v) is 14.8. The quantitative estimate of drug-likeness (QED) is 0.553. The van der Waals surface area contributed by atoms with Gasteiger partial charge in [0.05, 0.1) is 13.2 Å². The second-order valence-electron chi connectivity index (χ2n) is 6.28. The third-order valence-corrected chi connectivity index (χ3v) is 5.36. The topological polar surface area (TPSA) is 21.3 Å². The van der Waals surface area contributed by atoms with Crippen molar-refractivity contribution in [1.29, 1.82) is 0 Å². The van der Waals surface area contributed by atoms with E-state index in [1.54, 1.807) is 0 Å². The Bertz CT molecular complexity index is 504. The minimum Gasteiger partial charge on any atom is -0.378 e. The molecule has 1 N–H and O–H groups in total. The summed E-state index contributed by atoms with van der Waals surface area (Å²) in [6.45, 7) is 0.489. The number of hydrogen-bond acceptors (Lipinski definition) is 2. The molecule has 1 aromatic rings. The third kappa shape index (κ3) is 3.71. The van der Waals surface area contributed by atoms with Gasteiger partial charge in [-0.05, 0) is 46.5 Å². The van der Waals surface area contributed by atoms with E-state index in [0.29, 0.717) is 30.5 Å². The first kappa shape index (κ1) is 16.4. The van der Waals surface area contributed by atoms with Crippen molar-refractivity contribution in [3.05, 3.63) is 39.5 Å². The smallest absolute Gasteiger partial charge is 0.113 e. The average molecular weight is 415 g/mol. The molecule has 0 amide bonds. The molecule has 4 unspecified atom stereocenters. The summed E-state index contributed by atoms with van der Waals surface area (Å²) in [5.74, 6) is 0.979. The molecule has 4 heteroatoms. The van der Waals surface area contributed by atoms with Crippen LogP contribution in [0.1, 0.15) is 36.3 Å². The molecule has 2 fully saturated rings. The van der Waals surface area contributed by atoms with E-state index in [1.807, 2.05) is 4.08 Å². The molecular weight excluding hydrogens is 392 g/mol. The zero-order valence-electron chi connectivity index (χ0n) is 12.7. The van der Waals surface area contributed by atoms with Gasteiger partial charge in [-0.3, -0.25) is 0 Å². The maximum Gasteiger partial charge on any atom is 0.113 e. The van der Waals surface area contributed by atoms with E-state index in [1.165, 1.54) is 30.4 Å². The van der Waals surface area contributed by atoms with Crippen LogP contribution in [-0.2, 0) is 4.74 Å². The van der Waals surface area contributed by atoms with E-state index < -0.39 is 6.67 Å². The Labute approximate surface area is 145 Å². The predicted octanol–water partition coefficient (Wildman–Crippen LogP) is 4.30. The lowest BCUT2D eigenvalue weighted by atomic mass is 9.77. The lowest BCUT2D eigenvalue weighted by molar-refractivity contribution is 0.0569. The summed E-state index contributed by atoms with van der Waals surface area (Å²) >= 11 is 2.24. The first-order valence-electron chi connectivity index (χ1n) is 8.08. The number of benzene rings is 1. The SMILES string of the molecule is FCCOCC1C2CCC(CC1c1ccc(/C=C\I)cc1)N2. The van der Waals surface area contributed by atoms with Crippen molar-refractivity contribution in [2.45, 2.75) is 37.3 Å². The molecule has 2 nitrogen and oxygen atoms in total. The molecular formula is C18H23FINO. The van der Waals surface area contributed by atoms with Crippen LogP contribution in [0.3, 0.4) is 0 Å². The van der Waals surface area contributed by atoms with Crippen molar-refractivity contribution in [3.63, 3.8) is 0 Å². The molecule has 120 valence electrons. The van der Waals surface area contributed by atoms with Crippen molar-refractivity contribution < 1.29 is 9.13 Å². The van der Waals surface area contributed by atoms with Gasteiger partial charge in [-0.25, -0.2) is 4.39 Å². The molecule has 22 heavy (non-hydrogen) atoms. The second kappa shape index (κ2) is 7.88. The van der Waals surface area contributed by atoms with Gasteiger partial charge >= 0.3 is 0 Å². The highest BCUT2D eigenvalue weighted by Crippen LogP contribution is 2.41. The Hall–Kier alpha value is -0.460. The van der Waals surface area contributed by atoms with E-state index in [2.05, 4.69) is 58.2 Å². The Kier molecular flexibility index (Phi) is 5.88. The molecule has 2 aliphatic heterocycles. The van der Waals surface area contributed by atoms with Gasteiger partial charge in [0, 0.05) is 18.0 Å². The summed E-state index contributed by atoms with van der Waals surface area (Å²) in [5, 5.41) is 3.71. The van der Waals surface area contributed by atoms with Gasteiger partial charge in [-0.2, -0.15) is 0 Å². The molecule has 1 aromatic carbocycles. The highest BCUT2D eigenvalue weighted by Gasteiger charge is 2.41. The summed E-state index contributed by atoms with van der Waals surface area (Å²) in [6, 6.07) is 10.0. The molecule has 0 radical (unpaired) electrons. The molecule has 0 aromatic heterocycles. The number of rotatable bonds is 6. The van der Waals surface area contributed by atoms with Crippen LogP contribution in [0.15, 0.2) is 28.3 Å². The molecule has 2 heterocycles. The van der Waals surface area contributed by atoms with Crippen molar-refractivity contribution >= 4 is 28.7 Å². The predicted molar refractivity (Wildman–Crippen MR) is 97.1 cm³/mol. The summed E-state index contributed by atoms with van der Waals surface area (Å²) in [5.41, 5.74) is 2.64. The van der Waals surface area contributed by atoms with E-state index in [0.717, 1.165) is 0 Å². The van der Waals surface area contributed by atoms with Gasteiger partial charge in [0.1, 0.15) is 6.67 Å². The lowest BCUT2D eigenvalue weighted by Gasteiger charge is -2.38. The first-order chi connectivity index (χ1) is 10.8. The van der Waals surface area contributed by atoms with Crippen molar-refractivity contribution in [2.75, 3.05) is 19.9 Å². The number of nitrogens with one attached hydrogen (secondary N) is 1. The minimum atomic E-state index is -0.393. The van der Waals surface area contributed by atoms with E-state index in [9.17, 15) is 4.39 Å². The standard InChI is InChI=1S/C18H23FINO/c19-8-10-22-12-17-16(11-15-5-6-18(17)21-15)14-3-1-13(2-4-14)7-9-20/h1-4,7,9,15-18,21H,5-6,8,10-12H2/b9-7-. The van der Waals surface area contributed by atoms with Crippen LogP contribution in [0.2, 0.25) is 0 Å². The van der Waals surface area contributed by atoms with Crippen LogP contribution in [-0.4, -0.2) is 32.0 Å². The molecule has 0 aliphatic carbocycles. The number of halogens is 2. The fourth-order valence-electron chi connectivity index (χ4n) is 3.95. The van der Waals surface area contributed by atoms with Gasteiger partial charge in [-0.1, -0.05) is 46.9 Å². The molecule has 2 aliphatic rings. The van der Waals surface area contributed by atoms with Crippen molar-refractivity contribution in [3.8, 4) is 0 Å². The number of alkyl halides is 1. The van der Waals surface area contributed by atoms with Crippen molar-refractivity contribution in [2.24, 2.45) is 5.92 Å². The van der Waals surface area contributed by atoms with Crippen LogP contribution in [0, 0.1) is 5.92 Å². The molecule has 0 saturated carbocycles. The molecule has 2 bridgehead atoms. The lowest BCUT2D eigenvalue weighted by Crippen LogP contribution is -2.46. The van der Waals surface area contributed by atoms with Gasteiger partial charge in [0.2, 0.25) is 0 Å². The second-order valence-corrected chi connectivity index (χ2v) is 7.00. The van der Waals surface area contributed by atoms with Crippen LogP contribution < -0.4 is 5.32 Å². The van der Waals surface area contributed by atoms with Crippen LogP contribution in [0.5, 0.6) is 0 Å². The van der Waals surface area contributed by atoms with E-state index in [-0.39, 0.29) is 6.61 Å². The van der Waals surface area contributed by atoms with Gasteiger partial charge in [-0.15, -0.1) is 0 Å². The average Bonchev–Trinajstić information content (AvgIpc) is 2.93. The van der Waals surface area contributed by atoms with Crippen molar-refractivity contribution in [1.82, 2.24) is 5.32 Å². The number of fused-ring (bicyclic) bond motifs is 2. The van der Waals surface area contributed by atoms with Crippen LogP contribution >= 0.6 is 22.6 Å². The number of piperidine rings is 1. The normalized spacial score (nSPS) is 31.0. The van der Waals surface area contributed by atoms with E-state index >= 15 is 0 Å². The van der Waals surface area contributed by atoms with Gasteiger partial charge in [0.15, 0.2) is 0 Å². The first-order valence-corrected chi connectivity index (χ1v) is 9.33. The maximum absolute atomic E-state index is 12.3. The Morgan fingerprint density at radius 3 is 2.82 bits per heavy atom. The maximum atomic E-state index is 12.3. The summed E-state index contributed by atoms with van der Waals surface area (Å²) in [7, 11) is 0. The van der Waals surface area contributed by atoms with Gasteiger partial charge in [0.25, 0.3) is 0 Å². The number of hydrogen-bond donors (Lipinski definition) is 1. The van der Waals surface area contributed by atoms with Crippen LogP contribution in [0.4, 0.5) is 4.39 Å². The Balaban J connectivity index is 1.75. The monoisotopic (exact) mass is 415 g/mol. The summed E-state index contributed by atoms with van der Waals surface area (Å²) in [6.07, 6.45) is 5.76. The molecule has 3 rings (SSSR count). The fraction of sp³-hybridized carbons (Fsp3) is 0.556. The summed E-state index contributed by atoms with van der Waals surface area (Å²) < 4.78 is 19.9. The third-order valence-electron chi connectivity index (χ3n) is 5.00. The fourth-order valence-corrected chi connectivity index (χ4v) is 4.37. The molecule has 0 spiro atoms. The summed E-state index contributed by atoms with van der Waals surface area (Å²) in [4.78, 5) is 0. The van der Waals surface area contributed by atoms with E-state index in [4.69, 9.17) is 4.74 Å². The molecule has 2 saturated heterocycles. The number of ether oxygens (including phenoxy) is 1. The zero-order chi connectivity index (χ0) is 15.4.